The number of hydrogen-bond donors (Lipinski definition) is 2. The first-order valence-electron chi connectivity index (χ1n) is 8.60. The minimum Gasteiger partial charge on any atom is -0.457 e. The Bertz CT molecular complexity index is 850. The summed E-state index contributed by atoms with van der Waals surface area (Å²) >= 11 is 0. The number of nitrogens with zero attached hydrogens (tertiary/aromatic N) is 1. The van der Waals surface area contributed by atoms with E-state index in [2.05, 4.69) is 10.3 Å². The molecule has 0 bridgehead atoms. The maximum Gasteiger partial charge on any atom is 0.252 e. The number of amides is 1. The number of aliphatic hydroxyl groups excluding tert-OH is 1. The average Bonchev–Trinajstić information content (AvgIpc) is 2.71. The molecule has 0 saturated heterocycles. The van der Waals surface area contributed by atoms with Crippen molar-refractivity contribution < 1.29 is 19.4 Å². The van der Waals surface area contributed by atoms with Gasteiger partial charge in [0.15, 0.2) is 0 Å². The molecule has 27 heavy (non-hydrogen) atoms. The smallest absolute Gasteiger partial charge is 0.252 e. The molecule has 0 atom stereocenters. The number of carbonyl (C=O) groups excluding carboxylic acids is 1. The van der Waals surface area contributed by atoms with Crippen molar-refractivity contribution in [1.29, 1.82) is 0 Å². The van der Waals surface area contributed by atoms with Crippen molar-refractivity contribution in [2.24, 2.45) is 0 Å². The van der Waals surface area contributed by atoms with E-state index in [0.717, 1.165) is 5.75 Å². The lowest BCUT2D eigenvalue weighted by Gasteiger charge is -2.08. The van der Waals surface area contributed by atoms with Crippen LogP contribution in [0.15, 0.2) is 72.9 Å². The minimum absolute atomic E-state index is 0.0421. The van der Waals surface area contributed by atoms with E-state index in [0.29, 0.717) is 35.9 Å². The SMILES string of the molecule is O=C(NCCCO)c1ccc(Oc2ccc(Oc3ccccc3)cc2)nc1. The highest BCUT2D eigenvalue weighted by atomic mass is 16.5. The first kappa shape index (κ1) is 18.4. The van der Waals surface area contributed by atoms with Gasteiger partial charge in [0.25, 0.3) is 5.91 Å². The van der Waals surface area contributed by atoms with E-state index < -0.39 is 0 Å². The van der Waals surface area contributed by atoms with Crippen molar-refractivity contribution >= 4 is 5.91 Å². The van der Waals surface area contributed by atoms with Crippen LogP contribution in [0.3, 0.4) is 0 Å². The van der Waals surface area contributed by atoms with E-state index in [1.165, 1.54) is 6.20 Å². The number of hydrogen-bond acceptors (Lipinski definition) is 5. The van der Waals surface area contributed by atoms with Crippen LogP contribution in [0.1, 0.15) is 16.8 Å². The topological polar surface area (TPSA) is 80.7 Å². The van der Waals surface area contributed by atoms with Crippen molar-refractivity contribution in [3.8, 4) is 23.1 Å². The summed E-state index contributed by atoms with van der Waals surface area (Å²) in [5.74, 6) is 2.24. The number of benzene rings is 2. The molecular weight excluding hydrogens is 344 g/mol. The maximum absolute atomic E-state index is 11.9. The number of aromatic nitrogens is 1. The van der Waals surface area contributed by atoms with Crippen molar-refractivity contribution in [1.82, 2.24) is 10.3 Å². The van der Waals surface area contributed by atoms with Crippen LogP contribution in [0.5, 0.6) is 23.1 Å². The molecule has 0 aliphatic heterocycles. The van der Waals surface area contributed by atoms with Gasteiger partial charge in [0, 0.05) is 25.4 Å². The number of pyridine rings is 1. The van der Waals surface area contributed by atoms with Gasteiger partial charge in [-0.2, -0.15) is 0 Å². The highest BCUT2D eigenvalue weighted by Gasteiger charge is 2.06. The monoisotopic (exact) mass is 364 g/mol. The fourth-order valence-corrected chi connectivity index (χ4v) is 2.28. The number of rotatable bonds is 8. The highest BCUT2D eigenvalue weighted by Crippen LogP contribution is 2.25. The Morgan fingerprint density at radius 1 is 0.889 bits per heavy atom. The van der Waals surface area contributed by atoms with Crippen LogP contribution in [0.25, 0.3) is 0 Å². The Kier molecular flexibility index (Phi) is 6.38. The third kappa shape index (κ3) is 5.55. The predicted octanol–water partition coefficient (Wildman–Crippen LogP) is 3.78. The molecule has 0 fully saturated rings. The first-order chi connectivity index (χ1) is 13.2. The fourth-order valence-electron chi connectivity index (χ4n) is 2.28. The molecule has 0 aliphatic carbocycles. The summed E-state index contributed by atoms with van der Waals surface area (Å²) in [6.07, 6.45) is 1.97. The molecule has 3 rings (SSSR count). The van der Waals surface area contributed by atoms with E-state index in [-0.39, 0.29) is 12.5 Å². The Labute approximate surface area is 157 Å². The summed E-state index contributed by atoms with van der Waals surface area (Å²) in [6, 6.07) is 20.0. The van der Waals surface area contributed by atoms with Gasteiger partial charge in [-0.05, 0) is 48.9 Å². The molecule has 1 heterocycles. The third-order valence-corrected chi connectivity index (χ3v) is 3.64. The van der Waals surface area contributed by atoms with Crippen LogP contribution >= 0.6 is 0 Å². The molecule has 3 aromatic rings. The van der Waals surface area contributed by atoms with Crippen molar-refractivity contribution in [3.05, 3.63) is 78.5 Å². The lowest BCUT2D eigenvalue weighted by atomic mass is 10.2. The molecule has 0 aliphatic rings. The zero-order valence-electron chi connectivity index (χ0n) is 14.7. The Hall–Kier alpha value is -3.38. The van der Waals surface area contributed by atoms with Gasteiger partial charge in [-0.15, -0.1) is 0 Å². The van der Waals surface area contributed by atoms with Gasteiger partial charge in [0.1, 0.15) is 17.2 Å². The van der Waals surface area contributed by atoms with Gasteiger partial charge in [-0.1, -0.05) is 18.2 Å². The molecule has 0 unspecified atom stereocenters. The lowest BCUT2D eigenvalue weighted by Crippen LogP contribution is -2.25. The van der Waals surface area contributed by atoms with Gasteiger partial charge >= 0.3 is 0 Å². The van der Waals surface area contributed by atoms with Crippen molar-refractivity contribution in [3.63, 3.8) is 0 Å². The molecule has 0 spiro atoms. The summed E-state index contributed by atoms with van der Waals surface area (Å²) in [6.45, 7) is 0.464. The summed E-state index contributed by atoms with van der Waals surface area (Å²) in [7, 11) is 0. The minimum atomic E-state index is -0.232. The van der Waals surface area contributed by atoms with Gasteiger partial charge in [-0.25, -0.2) is 4.98 Å². The number of aliphatic hydroxyl groups is 1. The average molecular weight is 364 g/mol. The summed E-state index contributed by atoms with van der Waals surface area (Å²) < 4.78 is 11.4. The molecule has 6 nitrogen and oxygen atoms in total. The number of carbonyl (C=O) groups is 1. The largest absolute Gasteiger partial charge is 0.457 e. The van der Waals surface area contributed by atoms with Crippen LogP contribution < -0.4 is 14.8 Å². The standard InChI is InChI=1S/C21H20N2O4/c24-14-4-13-22-21(25)16-7-12-20(23-15-16)27-19-10-8-18(9-11-19)26-17-5-2-1-3-6-17/h1-3,5-12,15,24H,4,13-14H2,(H,22,25). The van der Waals surface area contributed by atoms with Gasteiger partial charge in [0.05, 0.1) is 5.56 Å². The molecule has 0 radical (unpaired) electrons. The predicted molar refractivity (Wildman–Crippen MR) is 101 cm³/mol. The molecule has 2 N–H and O–H groups in total. The molecule has 138 valence electrons. The number of para-hydroxylation sites is 1. The van der Waals surface area contributed by atoms with E-state index in [9.17, 15) is 4.79 Å². The normalized spacial score (nSPS) is 10.3. The molecule has 0 saturated carbocycles. The van der Waals surface area contributed by atoms with Crippen molar-refractivity contribution in [2.75, 3.05) is 13.2 Å². The Morgan fingerprint density at radius 2 is 1.56 bits per heavy atom. The van der Waals surface area contributed by atoms with E-state index in [1.54, 1.807) is 24.3 Å². The fraction of sp³-hybridized carbons (Fsp3) is 0.143. The van der Waals surface area contributed by atoms with Crippen LogP contribution in [0, 0.1) is 0 Å². The van der Waals surface area contributed by atoms with Crippen molar-refractivity contribution in [2.45, 2.75) is 6.42 Å². The molecule has 6 heteroatoms. The highest BCUT2D eigenvalue weighted by molar-refractivity contribution is 5.93. The Balaban J connectivity index is 1.56. The second-order valence-corrected chi connectivity index (χ2v) is 5.71. The third-order valence-electron chi connectivity index (χ3n) is 3.64. The molecule has 2 aromatic carbocycles. The van der Waals surface area contributed by atoms with Crippen LogP contribution in [-0.2, 0) is 0 Å². The molecular formula is C21H20N2O4. The summed E-state index contributed by atoms with van der Waals surface area (Å²) in [5, 5.41) is 11.4. The lowest BCUT2D eigenvalue weighted by molar-refractivity contribution is 0.0950. The molecule has 1 aromatic heterocycles. The summed E-state index contributed by atoms with van der Waals surface area (Å²) in [4.78, 5) is 16.0. The van der Waals surface area contributed by atoms with E-state index in [4.69, 9.17) is 14.6 Å². The van der Waals surface area contributed by atoms with Crippen LogP contribution in [0.2, 0.25) is 0 Å². The second-order valence-electron chi connectivity index (χ2n) is 5.71. The quantitative estimate of drug-likeness (QED) is 0.595. The van der Waals surface area contributed by atoms with Crippen LogP contribution in [0.4, 0.5) is 0 Å². The second kappa shape index (κ2) is 9.35. The van der Waals surface area contributed by atoms with E-state index >= 15 is 0 Å². The van der Waals surface area contributed by atoms with Gasteiger partial charge in [0.2, 0.25) is 5.88 Å². The molecule has 1 amide bonds. The maximum atomic E-state index is 11.9. The Morgan fingerprint density at radius 3 is 2.19 bits per heavy atom. The van der Waals surface area contributed by atoms with E-state index in [1.807, 2.05) is 42.5 Å². The zero-order valence-corrected chi connectivity index (χ0v) is 14.7. The zero-order chi connectivity index (χ0) is 18.9. The first-order valence-corrected chi connectivity index (χ1v) is 8.60. The summed E-state index contributed by atoms with van der Waals surface area (Å²) in [5.41, 5.74) is 0.437. The number of nitrogens with one attached hydrogen (secondary N) is 1. The number of ether oxygens (including phenoxy) is 2. The van der Waals surface area contributed by atoms with Crippen LogP contribution in [-0.4, -0.2) is 29.1 Å². The van der Waals surface area contributed by atoms with Gasteiger partial charge < -0.3 is 19.9 Å². The van der Waals surface area contributed by atoms with Gasteiger partial charge in [-0.3, -0.25) is 4.79 Å².